The predicted molar refractivity (Wildman–Crippen MR) is 79.5 cm³/mol. The summed E-state index contributed by atoms with van der Waals surface area (Å²) in [5.41, 5.74) is 3.70. The Morgan fingerprint density at radius 2 is 2.33 bits per heavy atom. The number of hydrogen-bond donors (Lipinski definition) is 1. The second-order valence-corrected chi connectivity index (χ2v) is 5.40. The van der Waals surface area contributed by atoms with Gasteiger partial charge in [0.15, 0.2) is 5.76 Å². The molecule has 0 saturated heterocycles. The lowest BCUT2D eigenvalue weighted by Crippen LogP contribution is -2.34. The largest absolute Gasteiger partial charge is 0.451 e. The van der Waals surface area contributed by atoms with Crippen LogP contribution in [0.3, 0.4) is 0 Å². The molecule has 0 atom stereocenters. The van der Waals surface area contributed by atoms with Gasteiger partial charge in [-0.1, -0.05) is 18.2 Å². The Bertz CT molecular complexity index is 831. The standard InChI is InChI=1S/C16H15N3O2/c1-10-4-2-5-11-8-14(21-15(10)11)16(20)19-7-3-6-12-13(19)9-17-18-12/h2,4-5,8-9H,3,6-7H2,1H3,(H,17,18). The van der Waals surface area contributed by atoms with Gasteiger partial charge in [0.2, 0.25) is 0 Å². The molecule has 21 heavy (non-hydrogen) atoms. The first-order valence-corrected chi connectivity index (χ1v) is 7.07. The molecule has 0 spiro atoms. The van der Waals surface area contributed by atoms with Gasteiger partial charge in [0.1, 0.15) is 5.58 Å². The minimum atomic E-state index is -0.104. The molecule has 1 N–H and O–H groups in total. The first kappa shape index (κ1) is 12.2. The second-order valence-electron chi connectivity index (χ2n) is 5.40. The van der Waals surface area contributed by atoms with Crippen molar-refractivity contribution in [2.24, 2.45) is 0 Å². The molecule has 1 aromatic carbocycles. The van der Waals surface area contributed by atoms with Crippen LogP contribution >= 0.6 is 0 Å². The number of nitrogens with one attached hydrogen (secondary N) is 1. The molecule has 0 aliphatic carbocycles. The Kier molecular flexibility index (Phi) is 2.60. The summed E-state index contributed by atoms with van der Waals surface area (Å²) in [4.78, 5) is 14.5. The van der Waals surface area contributed by atoms with Crippen LogP contribution in [0.5, 0.6) is 0 Å². The third-order valence-electron chi connectivity index (χ3n) is 3.99. The van der Waals surface area contributed by atoms with Crippen LogP contribution in [-0.2, 0) is 6.42 Å². The van der Waals surface area contributed by atoms with Gasteiger partial charge in [-0.05, 0) is 31.4 Å². The number of amides is 1. The number of aryl methyl sites for hydroxylation is 2. The molecule has 3 aromatic rings. The van der Waals surface area contributed by atoms with E-state index >= 15 is 0 Å². The van der Waals surface area contributed by atoms with E-state index in [9.17, 15) is 4.79 Å². The van der Waals surface area contributed by atoms with Crippen LogP contribution in [0.1, 0.15) is 28.2 Å². The van der Waals surface area contributed by atoms with E-state index in [1.807, 2.05) is 31.2 Å². The Hall–Kier alpha value is -2.56. The molecule has 3 heterocycles. The van der Waals surface area contributed by atoms with Gasteiger partial charge in [-0.25, -0.2) is 0 Å². The second kappa shape index (κ2) is 4.48. The molecule has 4 rings (SSSR count). The van der Waals surface area contributed by atoms with E-state index in [-0.39, 0.29) is 5.91 Å². The van der Waals surface area contributed by atoms with Gasteiger partial charge in [-0.15, -0.1) is 0 Å². The summed E-state index contributed by atoms with van der Waals surface area (Å²) < 4.78 is 5.78. The summed E-state index contributed by atoms with van der Waals surface area (Å²) in [5.74, 6) is 0.279. The summed E-state index contributed by atoms with van der Waals surface area (Å²) in [6.45, 7) is 2.68. The maximum atomic E-state index is 12.7. The molecule has 1 aliphatic heterocycles. The van der Waals surface area contributed by atoms with Crippen LogP contribution in [0.15, 0.2) is 34.9 Å². The fourth-order valence-corrected chi connectivity index (χ4v) is 2.92. The molecule has 0 unspecified atom stereocenters. The number of fused-ring (bicyclic) bond motifs is 2. The van der Waals surface area contributed by atoms with Crippen LogP contribution in [0.2, 0.25) is 0 Å². The summed E-state index contributed by atoms with van der Waals surface area (Å²) in [5, 5.41) is 7.95. The van der Waals surface area contributed by atoms with Crippen LogP contribution in [0.4, 0.5) is 5.69 Å². The predicted octanol–water partition coefficient (Wildman–Crippen LogP) is 3.06. The molecule has 0 radical (unpaired) electrons. The Labute approximate surface area is 121 Å². The number of rotatable bonds is 1. The number of aromatic amines is 1. The van der Waals surface area contributed by atoms with Crippen LogP contribution in [-0.4, -0.2) is 22.6 Å². The van der Waals surface area contributed by atoms with E-state index in [1.165, 1.54) is 0 Å². The van der Waals surface area contributed by atoms with Gasteiger partial charge in [-0.3, -0.25) is 9.89 Å². The number of H-pyrrole nitrogens is 1. The van der Waals surface area contributed by atoms with E-state index in [1.54, 1.807) is 11.1 Å². The average Bonchev–Trinajstić information content (AvgIpc) is 3.13. The smallest absolute Gasteiger partial charge is 0.294 e. The van der Waals surface area contributed by atoms with Gasteiger partial charge in [-0.2, -0.15) is 5.10 Å². The van der Waals surface area contributed by atoms with Crippen molar-refractivity contribution in [2.45, 2.75) is 19.8 Å². The topological polar surface area (TPSA) is 62.1 Å². The molecular weight excluding hydrogens is 266 g/mol. The van der Waals surface area contributed by atoms with Gasteiger partial charge in [0.05, 0.1) is 17.6 Å². The molecular formula is C16H15N3O2. The lowest BCUT2D eigenvalue weighted by atomic mass is 10.1. The molecule has 0 bridgehead atoms. The molecule has 0 fully saturated rings. The molecule has 1 amide bonds. The minimum Gasteiger partial charge on any atom is -0.451 e. The number of furan rings is 1. The first-order chi connectivity index (χ1) is 10.2. The van der Waals surface area contributed by atoms with E-state index in [0.717, 1.165) is 40.8 Å². The molecule has 2 aromatic heterocycles. The number of nitrogens with zero attached hydrogens (tertiary/aromatic N) is 2. The van der Waals surface area contributed by atoms with Crippen molar-refractivity contribution in [3.8, 4) is 0 Å². The van der Waals surface area contributed by atoms with Gasteiger partial charge >= 0.3 is 0 Å². The lowest BCUT2D eigenvalue weighted by Gasteiger charge is -2.25. The van der Waals surface area contributed by atoms with E-state index in [0.29, 0.717) is 12.3 Å². The normalized spacial score (nSPS) is 14.4. The van der Waals surface area contributed by atoms with Crippen molar-refractivity contribution in [3.63, 3.8) is 0 Å². The maximum absolute atomic E-state index is 12.7. The zero-order valence-corrected chi connectivity index (χ0v) is 11.7. The Morgan fingerprint density at radius 3 is 3.19 bits per heavy atom. The minimum absolute atomic E-state index is 0.104. The SMILES string of the molecule is Cc1cccc2cc(C(=O)N3CCCc4[nH]ncc43)oc12. The zero-order chi connectivity index (χ0) is 14.4. The highest BCUT2D eigenvalue weighted by Gasteiger charge is 2.27. The van der Waals surface area contributed by atoms with Crippen molar-refractivity contribution < 1.29 is 9.21 Å². The number of carbonyl (C=O) groups is 1. The van der Waals surface area contributed by atoms with Crippen LogP contribution in [0.25, 0.3) is 11.0 Å². The van der Waals surface area contributed by atoms with Crippen molar-refractivity contribution in [1.29, 1.82) is 0 Å². The fourth-order valence-electron chi connectivity index (χ4n) is 2.92. The molecule has 0 saturated carbocycles. The van der Waals surface area contributed by atoms with E-state index < -0.39 is 0 Å². The highest BCUT2D eigenvalue weighted by Crippen LogP contribution is 2.29. The van der Waals surface area contributed by atoms with Crippen LogP contribution < -0.4 is 4.90 Å². The lowest BCUT2D eigenvalue weighted by molar-refractivity contribution is 0.0960. The Morgan fingerprint density at radius 1 is 1.43 bits per heavy atom. The van der Waals surface area contributed by atoms with Gasteiger partial charge < -0.3 is 9.32 Å². The summed E-state index contributed by atoms with van der Waals surface area (Å²) in [6, 6.07) is 7.73. The van der Waals surface area contributed by atoms with Crippen molar-refractivity contribution in [1.82, 2.24) is 10.2 Å². The number of aromatic nitrogens is 2. The zero-order valence-electron chi connectivity index (χ0n) is 11.7. The van der Waals surface area contributed by atoms with E-state index in [4.69, 9.17) is 4.42 Å². The quantitative estimate of drug-likeness (QED) is 0.745. The Balaban J connectivity index is 1.76. The monoisotopic (exact) mass is 281 g/mol. The van der Waals surface area contributed by atoms with Crippen molar-refractivity contribution >= 4 is 22.6 Å². The first-order valence-electron chi connectivity index (χ1n) is 7.07. The van der Waals surface area contributed by atoms with Crippen molar-refractivity contribution in [2.75, 3.05) is 11.4 Å². The summed E-state index contributed by atoms with van der Waals surface area (Å²) in [6.07, 6.45) is 3.57. The van der Waals surface area contributed by atoms with E-state index in [2.05, 4.69) is 10.2 Å². The molecule has 106 valence electrons. The number of anilines is 1. The van der Waals surface area contributed by atoms with Crippen molar-refractivity contribution in [3.05, 3.63) is 47.5 Å². The van der Waals surface area contributed by atoms with Gasteiger partial charge in [0, 0.05) is 11.9 Å². The highest BCUT2D eigenvalue weighted by atomic mass is 16.3. The fraction of sp³-hybridized carbons (Fsp3) is 0.250. The van der Waals surface area contributed by atoms with Crippen LogP contribution in [0, 0.1) is 6.92 Å². The molecule has 5 nitrogen and oxygen atoms in total. The summed E-state index contributed by atoms with van der Waals surface area (Å²) >= 11 is 0. The summed E-state index contributed by atoms with van der Waals surface area (Å²) in [7, 11) is 0. The third kappa shape index (κ3) is 1.85. The third-order valence-corrected chi connectivity index (χ3v) is 3.99. The molecule has 5 heteroatoms. The molecule has 1 aliphatic rings. The number of benzene rings is 1. The average molecular weight is 281 g/mol. The number of hydrogen-bond acceptors (Lipinski definition) is 3. The highest BCUT2D eigenvalue weighted by molar-refractivity contribution is 6.06. The van der Waals surface area contributed by atoms with Gasteiger partial charge in [0.25, 0.3) is 5.91 Å². The maximum Gasteiger partial charge on any atom is 0.294 e. The number of carbonyl (C=O) groups excluding carboxylic acids is 1. The number of para-hydroxylation sites is 1.